The van der Waals surface area contributed by atoms with Crippen LogP contribution in [0.25, 0.3) is 0 Å². The molecule has 0 aromatic rings. The zero-order valence-electron chi connectivity index (χ0n) is 7.03. The van der Waals surface area contributed by atoms with E-state index in [1.165, 1.54) is 19.3 Å². The molecule has 3 unspecified atom stereocenters. The van der Waals surface area contributed by atoms with Crippen molar-refractivity contribution in [2.45, 2.75) is 31.8 Å². The third-order valence-corrected chi connectivity index (χ3v) is 3.34. The van der Waals surface area contributed by atoms with Crippen LogP contribution in [0.5, 0.6) is 0 Å². The Morgan fingerprint density at radius 3 is 2.75 bits per heavy atom. The van der Waals surface area contributed by atoms with Crippen LogP contribution >= 0.6 is 12.6 Å². The molecule has 2 bridgehead atoms. The van der Waals surface area contributed by atoms with Gasteiger partial charge in [0.05, 0.1) is 5.75 Å². The fourth-order valence-electron chi connectivity index (χ4n) is 2.54. The van der Waals surface area contributed by atoms with Gasteiger partial charge < -0.3 is 4.74 Å². The lowest BCUT2D eigenvalue weighted by molar-refractivity contribution is -0.148. The molecule has 0 radical (unpaired) electrons. The summed E-state index contributed by atoms with van der Waals surface area (Å²) in [5.74, 6) is 1.57. The van der Waals surface area contributed by atoms with Crippen LogP contribution in [-0.4, -0.2) is 17.8 Å². The molecule has 68 valence electrons. The zero-order chi connectivity index (χ0) is 8.55. The first-order chi connectivity index (χ1) is 5.79. The highest BCUT2D eigenvalue weighted by atomic mass is 32.1. The molecular formula is C9H14O2S. The summed E-state index contributed by atoms with van der Waals surface area (Å²) in [4.78, 5) is 10.9. The first kappa shape index (κ1) is 8.42. The van der Waals surface area contributed by atoms with E-state index in [1.54, 1.807) is 0 Å². The summed E-state index contributed by atoms with van der Waals surface area (Å²) in [5, 5.41) is 0. The Morgan fingerprint density at radius 1 is 1.42 bits per heavy atom. The SMILES string of the molecule is O=C(CS)OC1CC2CCC1C2. The molecule has 2 fully saturated rings. The van der Waals surface area contributed by atoms with Gasteiger partial charge in [0.15, 0.2) is 0 Å². The Hall–Kier alpha value is -0.180. The maximum absolute atomic E-state index is 10.9. The minimum Gasteiger partial charge on any atom is -0.461 e. The number of esters is 1. The summed E-state index contributed by atoms with van der Waals surface area (Å²) in [6.07, 6.45) is 5.21. The van der Waals surface area contributed by atoms with Gasteiger partial charge in [-0.3, -0.25) is 4.79 Å². The number of hydrogen-bond donors (Lipinski definition) is 1. The molecule has 0 heterocycles. The van der Waals surface area contributed by atoms with E-state index in [0.717, 1.165) is 12.3 Å². The first-order valence-corrected chi connectivity index (χ1v) is 5.23. The molecule has 2 nitrogen and oxygen atoms in total. The summed E-state index contributed by atoms with van der Waals surface area (Å²) in [7, 11) is 0. The van der Waals surface area contributed by atoms with Gasteiger partial charge in [-0.25, -0.2) is 0 Å². The third kappa shape index (κ3) is 1.47. The smallest absolute Gasteiger partial charge is 0.315 e. The van der Waals surface area contributed by atoms with Crippen molar-refractivity contribution in [3.8, 4) is 0 Å². The number of fused-ring (bicyclic) bond motifs is 2. The Labute approximate surface area is 78.1 Å². The molecule has 12 heavy (non-hydrogen) atoms. The van der Waals surface area contributed by atoms with Gasteiger partial charge in [0.25, 0.3) is 0 Å². The minimum absolute atomic E-state index is 0.157. The number of ether oxygens (including phenoxy) is 1. The van der Waals surface area contributed by atoms with Crippen LogP contribution in [0.15, 0.2) is 0 Å². The van der Waals surface area contributed by atoms with E-state index in [2.05, 4.69) is 12.6 Å². The number of carbonyl (C=O) groups excluding carboxylic acids is 1. The van der Waals surface area contributed by atoms with Crippen molar-refractivity contribution in [1.29, 1.82) is 0 Å². The maximum atomic E-state index is 10.9. The predicted molar refractivity (Wildman–Crippen MR) is 49.2 cm³/mol. The average Bonchev–Trinajstić information content (AvgIpc) is 2.64. The molecular weight excluding hydrogens is 172 g/mol. The van der Waals surface area contributed by atoms with Crippen molar-refractivity contribution in [3.63, 3.8) is 0 Å². The van der Waals surface area contributed by atoms with Crippen LogP contribution in [0.4, 0.5) is 0 Å². The normalized spacial score (nSPS) is 38.6. The van der Waals surface area contributed by atoms with Gasteiger partial charge in [-0.15, -0.1) is 0 Å². The molecule has 3 atom stereocenters. The summed E-state index contributed by atoms with van der Waals surface area (Å²) >= 11 is 3.88. The largest absolute Gasteiger partial charge is 0.461 e. The van der Waals surface area contributed by atoms with Gasteiger partial charge in [-0.05, 0) is 37.5 Å². The second-order valence-electron chi connectivity index (χ2n) is 3.86. The van der Waals surface area contributed by atoms with Crippen molar-refractivity contribution in [2.24, 2.45) is 11.8 Å². The average molecular weight is 186 g/mol. The van der Waals surface area contributed by atoms with Crippen LogP contribution in [-0.2, 0) is 9.53 Å². The van der Waals surface area contributed by atoms with E-state index >= 15 is 0 Å². The fourth-order valence-corrected chi connectivity index (χ4v) is 2.61. The summed E-state index contributed by atoms with van der Waals surface area (Å²) in [5.41, 5.74) is 0. The van der Waals surface area contributed by atoms with Crippen molar-refractivity contribution in [1.82, 2.24) is 0 Å². The number of rotatable bonds is 2. The van der Waals surface area contributed by atoms with E-state index in [-0.39, 0.29) is 17.8 Å². The molecule has 0 aliphatic heterocycles. The van der Waals surface area contributed by atoms with Crippen LogP contribution in [0.2, 0.25) is 0 Å². The molecule has 0 saturated heterocycles. The molecule has 2 saturated carbocycles. The third-order valence-electron chi connectivity index (χ3n) is 3.09. The fraction of sp³-hybridized carbons (Fsp3) is 0.889. The highest BCUT2D eigenvalue weighted by Gasteiger charge is 2.41. The van der Waals surface area contributed by atoms with Crippen LogP contribution in [0.3, 0.4) is 0 Å². The van der Waals surface area contributed by atoms with Crippen molar-refractivity contribution < 1.29 is 9.53 Å². The quantitative estimate of drug-likeness (QED) is 0.524. The molecule has 0 amide bonds. The summed E-state index contributed by atoms with van der Waals surface area (Å²) in [6.45, 7) is 0. The highest BCUT2D eigenvalue weighted by Crippen LogP contribution is 2.45. The van der Waals surface area contributed by atoms with Crippen molar-refractivity contribution >= 4 is 18.6 Å². The molecule has 0 N–H and O–H groups in total. The van der Waals surface area contributed by atoms with Crippen LogP contribution < -0.4 is 0 Å². The molecule has 0 aromatic carbocycles. The Kier molecular flexibility index (Phi) is 2.31. The molecule has 0 aromatic heterocycles. The van der Waals surface area contributed by atoms with Gasteiger partial charge in [-0.2, -0.15) is 12.6 Å². The number of carbonyl (C=O) groups is 1. The molecule has 0 spiro atoms. The van der Waals surface area contributed by atoms with Gasteiger partial charge in [0, 0.05) is 0 Å². The molecule has 2 rings (SSSR count). The Morgan fingerprint density at radius 2 is 2.25 bits per heavy atom. The van der Waals surface area contributed by atoms with Crippen LogP contribution in [0, 0.1) is 11.8 Å². The number of hydrogen-bond acceptors (Lipinski definition) is 3. The van der Waals surface area contributed by atoms with E-state index in [0.29, 0.717) is 5.92 Å². The van der Waals surface area contributed by atoms with E-state index in [1.807, 2.05) is 0 Å². The topological polar surface area (TPSA) is 26.3 Å². The lowest BCUT2D eigenvalue weighted by Crippen LogP contribution is -2.24. The Balaban J connectivity index is 1.86. The van der Waals surface area contributed by atoms with Crippen molar-refractivity contribution in [3.05, 3.63) is 0 Å². The van der Waals surface area contributed by atoms with E-state index in [4.69, 9.17) is 4.74 Å². The monoisotopic (exact) mass is 186 g/mol. The lowest BCUT2D eigenvalue weighted by atomic mass is 9.98. The first-order valence-electron chi connectivity index (χ1n) is 4.60. The Bertz CT molecular complexity index is 193. The molecule has 3 heteroatoms. The van der Waals surface area contributed by atoms with E-state index < -0.39 is 0 Å². The lowest BCUT2D eigenvalue weighted by Gasteiger charge is -2.21. The van der Waals surface area contributed by atoms with Crippen molar-refractivity contribution in [2.75, 3.05) is 5.75 Å². The van der Waals surface area contributed by atoms with Gasteiger partial charge >= 0.3 is 5.97 Å². The summed E-state index contributed by atoms with van der Waals surface area (Å²) < 4.78 is 5.28. The maximum Gasteiger partial charge on any atom is 0.315 e. The summed E-state index contributed by atoms with van der Waals surface area (Å²) in [6, 6.07) is 0. The van der Waals surface area contributed by atoms with Gasteiger partial charge in [-0.1, -0.05) is 0 Å². The molecule has 2 aliphatic rings. The standard InChI is InChI=1S/C9H14O2S/c10-9(5-12)11-8-4-6-1-2-7(8)3-6/h6-8,12H,1-5H2. The van der Waals surface area contributed by atoms with Gasteiger partial charge in [0.2, 0.25) is 0 Å². The van der Waals surface area contributed by atoms with Crippen LogP contribution in [0.1, 0.15) is 25.7 Å². The predicted octanol–water partition coefficient (Wildman–Crippen LogP) is 1.65. The molecule has 2 aliphatic carbocycles. The minimum atomic E-state index is -0.157. The number of thiol groups is 1. The van der Waals surface area contributed by atoms with Gasteiger partial charge in [0.1, 0.15) is 6.10 Å². The van der Waals surface area contributed by atoms with E-state index in [9.17, 15) is 4.79 Å². The highest BCUT2D eigenvalue weighted by molar-refractivity contribution is 7.81. The second-order valence-corrected chi connectivity index (χ2v) is 4.18. The second kappa shape index (κ2) is 3.29. The zero-order valence-corrected chi connectivity index (χ0v) is 7.93.